The van der Waals surface area contributed by atoms with Crippen molar-refractivity contribution < 1.29 is 4.79 Å². The highest BCUT2D eigenvalue weighted by Crippen LogP contribution is 2.23. The minimum Gasteiger partial charge on any atom is -0.342 e. The van der Waals surface area contributed by atoms with Crippen LogP contribution >= 0.6 is 23.4 Å². The Morgan fingerprint density at radius 1 is 1.33 bits per heavy atom. The molecule has 0 atom stereocenters. The largest absolute Gasteiger partial charge is 0.342 e. The number of halogens is 1. The van der Waals surface area contributed by atoms with Gasteiger partial charge in [-0.3, -0.25) is 9.36 Å². The average molecular weight is 322 g/mol. The molecule has 110 valence electrons. The Hall–Kier alpha value is -1.46. The van der Waals surface area contributed by atoms with Gasteiger partial charge in [0.1, 0.15) is 0 Å². The summed E-state index contributed by atoms with van der Waals surface area (Å²) in [6, 6.07) is 7.60. The monoisotopic (exact) mass is 321 g/mol. The van der Waals surface area contributed by atoms with Crippen molar-refractivity contribution in [3.63, 3.8) is 0 Å². The molecule has 2 aromatic rings. The number of thioether (sulfide) groups is 1. The van der Waals surface area contributed by atoms with Crippen LogP contribution in [0.1, 0.15) is 12.8 Å². The lowest BCUT2D eigenvalue weighted by Gasteiger charge is -2.14. The van der Waals surface area contributed by atoms with E-state index in [2.05, 4.69) is 4.98 Å². The van der Waals surface area contributed by atoms with E-state index in [-0.39, 0.29) is 5.91 Å². The fourth-order valence-corrected chi connectivity index (χ4v) is 3.46. The molecule has 0 N–H and O–H groups in total. The molecule has 6 heteroatoms. The lowest BCUT2D eigenvalue weighted by Crippen LogP contribution is -2.29. The fraction of sp³-hybridized carbons (Fsp3) is 0.333. The maximum atomic E-state index is 12.1. The van der Waals surface area contributed by atoms with Gasteiger partial charge in [0.2, 0.25) is 5.91 Å². The molecule has 21 heavy (non-hydrogen) atoms. The molecule has 0 unspecified atom stereocenters. The molecule has 1 saturated heterocycles. The van der Waals surface area contributed by atoms with Crippen LogP contribution in [0.4, 0.5) is 0 Å². The van der Waals surface area contributed by atoms with Gasteiger partial charge in [0.05, 0.1) is 5.75 Å². The van der Waals surface area contributed by atoms with Crippen molar-refractivity contribution in [1.29, 1.82) is 0 Å². The Morgan fingerprint density at radius 2 is 2.14 bits per heavy atom. The van der Waals surface area contributed by atoms with Crippen LogP contribution < -0.4 is 0 Å². The molecular weight excluding hydrogens is 306 g/mol. The first-order valence-electron chi connectivity index (χ1n) is 6.94. The summed E-state index contributed by atoms with van der Waals surface area (Å²) < 4.78 is 1.95. The van der Waals surface area contributed by atoms with Gasteiger partial charge in [-0.05, 0) is 31.0 Å². The van der Waals surface area contributed by atoms with Crippen LogP contribution in [-0.2, 0) is 4.79 Å². The van der Waals surface area contributed by atoms with Crippen molar-refractivity contribution in [3.05, 3.63) is 41.7 Å². The Kier molecular flexibility index (Phi) is 4.51. The Balaban J connectivity index is 1.69. The third-order valence-electron chi connectivity index (χ3n) is 3.48. The van der Waals surface area contributed by atoms with Crippen LogP contribution in [0.15, 0.2) is 41.8 Å². The number of benzene rings is 1. The van der Waals surface area contributed by atoms with Crippen molar-refractivity contribution >= 4 is 29.3 Å². The molecule has 0 saturated carbocycles. The Morgan fingerprint density at radius 3 is 2.90 bits per heavy atom. The van der Waals surface area contributed by atoms with Gasteiger partial charge in [-0.15, -0.1) is 0 Å². The molecular formula is C15H16ClN3OS. The lowest BCUT2D eigenvalue weighted by molar-refractivity contribution is -0.127. The molecule has 1 aromatic carbocycles. The molecule has 0 spiro atoms. The van der Waals surface area contributed by atoms with Crippen molar-refractivity contribution in [1.82, 2.24) is 14.5 Å². The second-order valence-corrected chi connectivity index (χ2v) is 6.32. The highest BCUT2D eigenvalue weighted by Gasteiger charge is 2.18. The third-order valence-corrected chi connectivity index (χ3v) is 4.66. The predicted molar refractivity (Wildman–Crippen MR) is 85.1 cm³/mol. The molecule has 1 aliphatic heterocycles. The summed E-state index contributed by atoms with van der Waals surface area (Å²) >= 11 is 7.49. The number of hydrogen-bond acceptors (Lipinski definition) is 3. The van der Waals surface area contributed by atoms with E-state index < -0.39 is 0 Å². The number of carbonyl (C=O) groups excluding carboxylic acids is 1. The third kappa shape index (κ3) is 3.41. The topological polar surface area (TPSA) is 38.1 Å². The molecule has 1 aromatic heterocycles. The van der Waals surface area contributed by atoms with E-state index in [0.717, 1.165) is 36.8 Å². The van der Waals surface area contributed by atoms with Crippen molar-refractivity contribution in [2.75, 3.05) is 18.8 Å². The van der Waals surface area contributed by atoms with Crippen molar-refractivity contribution in [2.24, 2.45) is 0 Å². The molecule has 0 bridgehead atoms. The molecule has 1 aliphatic rings. The molecule has 0 radical (unpaired) electrons. The average Bonchev–Trinajstić information content (AvgIpc) is 3.16. The van der Waals surface area contributed by atoms with Crippen LogP contribution in [-0.4, -0.2) is 39.2 Å². The van der Waals surface area contributed by atoms with E-state index in [9.17, 15) is 4.79 Å². The second kappa shape index (κ2) is 6.54. The molecule has 0 aliphatic carbocycles. The zero-order valence-electron chi connectivity index (χ0n) is 11.5. The fourth-order valence-electron chi connectivity index (χ4n) is 2.40. The van der Waals surface area contributed by atoms with Gasteiger partial charge in [-0.2, -0.15) is 0 Å². The van der Waals surface area contributed by atoms with Crippen LogP contribution in [0, 0.1) is 0 Å². The second-order valence-electron chi connectivity index (χ2n) is 4.94. The summed E-state index contributed by atoms with van der Waals surface area (Å²) in [7, 11) is 0. The molecule has 3 rings (SSSR count). The van der Waals surface area contributed by atoms with E-state index >= 15 is 0 Å². The molecule has 1 amide bonds. The van der Waals surface area contributed by atoms with Gasteiger partial charge >= 0.3 is 0 Å². The van der Waals surface area contributed by atoms with Crippen LogP contribution in [0.2, 0.25) is 5.02 Å². The quantitative estimate of drug-likeness (QED) is 0.811. The minimum absolute atomic E-state index is 0.193. The van der Waals surface area contributed by atoms with Gasteiger partial charge in [0, 0.05) is 36.2 Å². The first kappa shape index (κ1) is 14.5. The normalized spacial score (nSPS) is 14.6. The highest BCUT2D eigenvalue weighted by atomic mass is 35.5. The summed E-state index contributed by atoms with van der Waals surface area (Å²) in [6.07, 6.45) is 5.86. The highest BCUT2D eigenvalue weighted by molar-refractivity contribution is 7.99. The summed E-state index contributed by atoms with van der Waals surface area (Å²) in [5, 5.41) is 1.50. The van der Waals surface area contributed by atoms with Gasteiger partial charge in [-0.25, -0.2) is 4.98 Å². The number of likely N-dealkylation sites (tertiary alicyclic amines) is 1. The summed E-state index contributed by atoms with van der Waals surface area (Å²) in [5.41, 5.74) is 0.955. The number of rotatable bonds is 4. The van der Waals surface area contributed by atoms with Crippen LogP contribution in [0.5, 0.6) is 0 Å². The molecule has 2 heterocycles. The van der Waals surface area contributed by atoms with Gasteiger partial charge in [0.15, 0.2) is 5.16 Å². The minimum atomic E-state index is 0.193. The maximum absolute atomic E-state index is 12.1. The number of carbonyl (C=O) groups is 1. The first-order chi connectivity index (χ1) is 10.2. The van der Waals surface area contributed by atoms with Crippen molar-refractivity contribution in [3.8, 4) is 5.69 Å². The van der Waals surface area contributed by atoms with Gasteiger partial charge < -0.3 is 4.90 Å². The van der Waals surface area contributed by atoms with Gasteiger partial charge in [-0.1, -0.05) is 29.4 Å². The summed E-state index contributed by atoms with van der Waals surface area (Å²) in [5.74, 6) is 0.621. The first-order valence-corrected chi connectivity index (χ1v) is 8.30. The number of imidazole rings is 1. The standard InChI is InChI=1S/C15H16ClN3OS/c16-12-4-3-5-13(10-12)19-9-6-17-15(19)21-11-14(20)18-7-1-2-8-18/h3-6,9-10H,1-2,7-8,11H2. The lowest BCUT2D eigenvalue weighted by atomic mass is 10.3. The number of aromatic nitrogens is 2. The summed E-state index contributed by atoms with van der Waals surface area (Å²) in [6.45, 7) is 1.78. The van der Waals surface area contributed by atoms with Crippen LogP contribution in [0.3, 0.4) is 0 Å². The van der Waals surface area contributed by atoms with Crippen LogP contribution in [0.25, 0.3) is 5.69 Å². The van der Waals surface area contributed by atoms with E-state index in [0.29, 0.717) is 10.8 Å². The number of nitrogens with zero attached hydrogens (tertiary/aromatic N) is 3. The maximum Gasteiger partial charge on any atom is 0.233 e. The Bertz CT molecular complexity index is 637. The Labute approximate surface area is 133 Å². The van der Waals surface area contributed by atoms with E-state index in [4.69, 9.17) is 11.6 Å². The summed E-state index contributed by atoms with van der Waals surface area (Å²) in [4.78, 5) is 18.4. The predicted octanol–water partition coefficient (Wildman–Crippen LogP) is 3.24. The van der Waals surface area contributed by atoms with E-state index in [1.807, 2.05) is 39.9 Å². The zero-order chi connectivity index (χ0) is 14.7. The number of hydrogen-bond donors (Lipinski definition) is 0. The smallest absolute Gasteiger partial charge is 0.233 e. The van der Waals surface area contributed by atoms with Gasteiger partial charge in [0.25, 0.3) is 0 Å². The molecule has 4 nitrogen and oxygen atoms in total. The van der Waals surface area contributed by atoms with E-state index in [1.165, 1.54) is 11.8 Å². The van der Waals surface area contributed by atoms with E-state index in [1.54, 1.807) is 6.20 Å². The molecule has 1 fully saturated rings. The SMILES string of the molecule is O=C(CSc1nccn1-c1cccc(Cl)c1)N1CCCC1. The van der Waals surface area contributed by atoms with Crippen molar-refractivity contribution in [2.45, 2.75) is 18.0 Å². The zero-order valence-corrected chi connectivity index (χ0v) is 13.1. The number of amides is 1.